The Morgan fingerprint density at radius 1 is 1.12 bits per heavy atom. The van der Waals surface area contributed by atoms with Crippen LogP contribution < -0.4 is 0 Å². The molecule has 0 aromatic heterocycles. The summed E-state index contributed by atoms with van der Waals surface area (Å²) in [6, 6.07) is 12.4. The molecular weight excluding hydrogens is 348 g/mol. The van der Waals surface area contributed by atoms with Gasteiger partial charge in [0.2, 0.25) is 0 Å². The van der Waals surface area contributed by atoms with Gasteiger partial charge in [0.05, 0.1) is 4.90 Å². The minimum Gasteiger partial charge on any atom is -0.508 e. The van der Waals surface area contributed by atoms with Crippen LogP contribution in [0.25, 0.3) is 0 Å². The molecule has 7 nitrogen and oxygen atoms in total. The van der Waals surface area contributed by atoms with Gasteiger partial charge in [0.15, 0.2) is 5.78 Å². The summed E-state index contributed by atoms with van der Waals surface area (Å²) >= 11 is 0. The van der Waals surface area contributed by atoms with Crippen molar-refractivity contribution in [2.24, 2.45) is 0 Å². The number of phenolic OH excluding ortho intramolecular Hbond substituents is 1. The van der Waals surface area contributed by atoms with Crippen molar-refractivity contribution in [2.75, 3.05) is 6.61 Å². The van der Waals surface area contributed by atoms with Crippen LogP contribution in [0.4, 0.5) is 0 Å². The molecule has 0 fully saturated rings. The van der Waals surface area contributed by atoms with Crippen molar-refractivity contribution in [3.05, 3.63) is 59.7 Å². The summed E-state index contributed by atoms with van der Waals surface area (Å²) in [4.78, 5) is 28.1. The predicted octanol–water partition coefficient (Wildman–Crippen LogP) is 1.63. The standard InChI is InChI=1S/C16H16O5S.CO2/c1-12-5-7-16(8-6-12)22(19,20)21-11-15(18)10-13-3-2-4-14(17)9-13;2-1-3/h2-9,17H,10-11H2,1H3;. The van der Waals surface area contributed by atoms with Crippen LogP contribution in [0.15, 0.2) is 53.4 Å². The average molecular weight is 364 g/mol. The third kappa shape index (κ3) is 7.09. The first-order valence-electron chi connectivity index (χ1n) is 7.03. The molecule has 2 rings (SSSR count). The Kier molecular flexibility index (Phi) is 7.68. The molecule has 0 atom stereocenters. The molecule has 2 aromatic carbocycles. The van der Waals surface area contributed by atoms with Gasteiger partial charge >= 0.3 is 6.15 Å². The first-order valence-corrected chi connectivity index (χ1v) is 8.44. The van der Waals surface area contributed by atoms with Crippen molar-refractivity contribution < 1.29 is 32.1 Å². The number of benzene rings is 2. The molecule has 0 bridgehead atoms. The van der Waals surface area contributed by atoms with E-state index in [9.17, 15) is 18.3 Å². The highest BCUT2D eigenvalue weighted by Crippen LogP contribution is 2.14. The largest absolute Gasteiger partial charge is 0.508 e. The maximum absolute atomic E-state index is 11.9. The van der Waals surface area contributed by atoms with Crippen LogP contribution in [0.2, 0.25) is 0 Å². The molecule has 0 radical (unpaired) electrons. The van der Waals surface area contributed by atoms with Crippen LogP contribution in [-0.4, -0.2) is 32.1 Å². The summed E-state index contributed by atoms with van der Waals surface area (Å²) in [5.41, 5.74) is 1.53. The molecule has 0 aliphatic heterocycles. The number of ketones is 1. The molecule has 2 aromatic rings. The predicted molar refractivity (Wildman–Crippen MR) is 86.1 cm³/mol. The van der Waals surface area contributed by atoms with E-state index in [0.717, 1.165) is 5.56 Å². The van der Waals surface area contributed by atoms with Gasteiger partial charge < -0.3 is 5.11 Å². The number of aromatic hydroxyl groups is 1. The minimum atomic E-state index is -3.94. The highest BCUT2D eigenvalue weighted by atomic mass is 32.2. The first kappa shape index (κ1) is 20.2. The number of hydrogen-bond acceptors (Lipinski definition) is 7. The van der Waals surface area contributed by atoms with Gasteiger partial charge in [-0.25, -0.2) is 0 Å². The second-order valence-corrected chi connectivity index (χ2v) is 6.61. The van der Waals surface area contributed by atoms with Gasteiger partial charge in [-0.2, -0.15) is 18.0 Å². The molecule has 1 N–H and O–H groups in total. The van der Waals surface area contributed by atoms with Crippen LogP contribution in [0.3, 0.4) is 0 Å². The molecule has 0 saturated carbocycles. The second kappa shape index (κ2) is 9.48. The summed E-state index contributed by atoms with van der Waals surface area (Å²) in [5.74, 6) is -0.334. The van der Waals surface area contributed by atoms with E-state index in [2.05, 4.69) is 0 Å². The lowest BCUT2D eigenvalue weighted by Gasteiger charge is -2.06. The lowest BCUT2D eigenvalue weighted by atomic mass is 10.1. The number of Topliss-reactive ketones (excluding diaryl/α,β-unsaturated/α-hetero) is 1. The molecule has 132 valence electrons. The van der Waals surface area contributed by atoms with E-state index >= 15 is 0 Å². The average Bonchev–Trinajstić information content (AvgIpc) is 2.54. The summed E-state index contributed by atoms with van der Waals surface area (Å²) in [7, 11) is -3.94. The summed E-state index contributed by atoms with van der Waals surface area (Å²) < 4.78 is 28.7. The van der Waals surface area contributed by atoms with Gasteiger partial charge in [0.25, 0.3) is 10.1 Å². The van der Waals surface area contributed by atoms with Crippen molar-refractivity contribution in [1.29, 1.82) is 0 Å². The zero-order chi connectivity index (χ0) is 18.9. The van der Waals surface area contributed by atoms with Crippen molar-refractivity contribution in [3.63, 3.8) is 0 Å². The Bertz CT molecular complexity index is 849. The van der Waals surface area contributed by atoms with E-state index in [4.69, 9.17) is 13.8 Å². The van der Waals surface area contributed by atoms with E-state index in [1.54, 1.807) is 24.3 Å². The van der Waals surface area contributed by atoms with E-state index in [-0.39, 0.29) is 29.0 Å². The number of phenols is 1. The van der Waals surface area contributed by atoms with Crippen molar-refractivity contribution in [1.82, 2.24) is 0 Å². The van der Waals surface area contributed by atoms with Gasteiger partial charge in [-0.05, 0) is 36.8 Å². The van der Waals surface area contributed by atoms with Crippen LogP contribution >= 0.6 is 0 Å². The maximum atomic E-state index is 11.9. The zero-order valence-corrected chi connectivity index (χ0v) is 14.2. The first-order chi connectivity index (χ1) is 11.8. The third-order valence-electron chi connectivity index (χ3n) is 3.00. The number of aryl methyl sites for hydroxylation is 1. The lowest BCUT2D eigenvalue weighted by molar-refractivity contribution is -0.191. The van der Waals surface area contributed by atoms with Crippen LogP contribution in [-0.2, 0) is 35.1 Å². The highest BCUT2D eigenvalue weighted by Gasteiger charge is 2.17. The van der Waals surface area contributed by atoms with E-state index < -0.39 is 16.7 Å². The molecular formula is C17H16O7S. The summed E-state index contributed by atoms with van der Waals surface area (Å²) in [5, 5.41) is 9.32. The topological polar surface area (TPSA) is 115 Å². The number of hydrogen-bond donors (Lipinski definition) is 1. The fraction of sp³-hybridized carbons (Fsp3) is 0.176. The molecule has 0 amide bonds. The molecule has 25 heavy (non-hydrogen) atoms. The van der Waals surface area contributed by atoms with Crippen molar-refractivity contribution in [2.45, 2.75) is 18.2 Å². The van der Waals surface area contributed by atoms with Gasteiger partial charge in [-0.1, -0.05) is 29.8 Å². The molecule has 0 heterocycles. The molecule has 8 heteroatoms. The monoisotopic (exact) mass is 364 g/mol. The fourth-order valence-corrected chi connectivity index (χ4v) is 2.75. The SMILES string of the molecule is Cc1ccc(S(=O)(=O)OCC(=O)Cc2cccc(O)c2)cc1.O=C=O. The van der Waals surface area contributed by atoms with Crippen LogP contribution in [0.5, 0.6) is 5.75 Å². The van der Waals surface area contributed by atoms with Gasteiger partial charge in [-0.15, -0.1) is 0 Å². The quantitative estimate of drug-likeness (QED) is 0.775. The summed E-state index contributed by atoms with van der Waals surface area (Å²) in [6.07, 6.45) is 0.248. The Balaban J connectivity index is 0.000000970. The van der Waals surface area contributed by atoms with Crippen LogP contribution in [0.1, 0.15) is 11.1 Å². The van der Waals surface area contributed by atoms with Gasteiger partial charge in [0, 0.05) is 6.42 Å². The molecule has 0 aliphatic rings. The van der Waals surface area contributed by atoms with Gasteiger partial charge in [0.1, 0.15) is 12.4 Å². The number of carbonyl (C=O) groups excluding carboxylic acids is 3. The molecule has 0 spiro atoms. The maximum Gasteiger partial charge on any atom is 0.373 e. The Labute approximate surface area is 145 Å². The second-order valence-electron chi connectivity index (χ2n) is 5.00. The van der Waals surface area contributed by atoms with Gasteiger partial charge in [-0.3, -0.25) is 8.98 Å². The van der Waals surface area contributed by atoms with Crippen LogP contribution in [0, 0.1) is 6.92 Å². The minimum absolute atomic E-state index is 0.00216. The molecule has 0 aliphatic carbocycles. The Hall–Kier alpha value is -2.80. The number of carbonyl (C=O) groups is 1. The smallest absolute Gasteiger partial charge is 0.373 e. The Morgan fingerprint density at radius 3 is 2.28 bits per heavy atom. The van der Waals surface area contributed by atoms with Crippen molar-refractivity contribution in [3.8, 4) is 5.75 Å². The highest BCUT2D eigenvalue weighted by molar-refractivity contribution is 7.86. The van der Waals surface area contributed by atoms with Crippen molar-refractivity contribution >= 4 is 22.1 Å². The zero-order valence-electron chi connectivity index (χ0n) is 13.3. The lowest BCUT2D eigenvalue weighted by Crippen LogP contribution is -2.16. The normalized spacial score (nSPS) is 10.3. The Morgan fingerprint density at radius 2 is 1.72 bits per heavy atom. The summed E-state index contributed by atoms with van der Waals surface area (Å²) in [6.45, 7) is 1.31. The third-order valence-corrected chi connectivity index (χ3v) is 4.27. The van der Waals surface area contributed by atoms with E-state index in [1.165, 1.54) is 24.3 Å². The molecule has 0 unspecified atom stereocenters. The van der Waals surface area contributed by atoms with E-state index in [0.29, 0.717) is 5.56 Å². The molecule has 0 saturated heterocycles. The number of rotatable bonds is 6. The fourth-order valence-electron chi connectivity index (χ4n) is 1.86. The van der Waals surface area contributed by atoms with E-state index in [1.807, 2.05) is 6.92 Å².